The number of pyridine rings is 1. The van der Waals surface area contributed by atoms with Crippen molar-refractivity contribution in [2.75, 3.05) is 20.8 Å². The van der Waals surface area contributed by atoms with E-state index in [-0.39, 0.29) is 29.8 Å². The molecule has 34 heavy (non-hydrogen) atoms. The molecule has 3 aromatic heterocycles. The van der Waals surface area contributed by atoms with Gasteiger partial charge in [0.2, 0.25) is 0 Å². The highest BCUT2D eigenvalue weighted by atomic mass is 32.1. The lowest BCUT2D eigenvalue weighted by atomic mass is 9.90. The van der Waals surface area contributed by atoms with Crippen molar-refractivity contribution < 1.29 is 18.7 Å². The van der Waals surface area contributed by atoms with Crippen LogP contribution >= 0.6 is 11.3 Å². The first kappa shape index (κ1) is 22.0. The molecule has 0 saturated carbocycles. The van der Waals surface area contributed by atoms with E-state index < -0.39 is 0 Å². The van der Waals surface area contributed by atoms with Crippen molar-refractivity contribution in [3.63, 3.8) is 0 Å². The molecule has 4 heterocycles. The molecule has 0 N–H and O–H groups in total. The lowest BCUT2D eigenvalue weighted by Gasteiger charge is -2.37. The summed E-state index contributed by atoms with van der Waals surface area (Å²) >= 11 is 1.61. The summed E-state index contributed by atoms with van der Waals surface area (Å²) in [5.41, 5.74) is 2.02. The van der Waals surface area contributed by atoms with Crippen molar-refractivity contribution in [3.8, 4) is 11.5 Å². The molecule has 0 spiro atoms. The summed E-state index contributed by atoms with van der Waals surface area (Å²) < 4.78 is 18.5. The molecule has 1 atom stereocenters. The van der Waals surface area contributed by atoms with Crippen molar-refractivity contribution in [2.24, 2.45) is 0 Å². The average Bonchev–Trinajstić information content (AvgIpc) is 3.56. The first-order valence-corrected chi connectivity index (χ1v) is 11.8. The molecule has 4 aromatic rings. The van der Waals surface area contributed by atoms with Gasteiger partial charge in [-0.25, -0.2) is 0 Å². The van der Waals surface area contributed by atoms with Crippen LogP contribution in [0.3, 0.4) is 0 Å². The van der Waals surface area contributed by atoms with Gasteiger partial charge in [0.1, 0.15) is 5.76 Å². The Morgan fingerprint density at radius 3 is 2.65 bits per heavy atom. The molecule has 0 saturated heterocycles. The van der Waals surface area contributed by atoms with E-state index in [1.54, 1.807) is 60.6 Å². The number of nitrogens with zero attached hydrogens (tertiary/aromatic N) is 2. The van der Waals surface area contributed by atoms with Crippen LogP contribution in [0.5, 0.6) is 11.5 Å². The van der Waals surface area contributed by atoms with E-state index >= 15 is 0 Å². The van der Waals surface area contributed by atoms with Crippen molar-refractivity contribution >= 4 is 17.2 Å². The fourth-order valence-corrected chi connectivity index (χ4v) is 5.25. The summed E-state index contributed by atoms with van der Waals surface area (Å²) in [6, 6.07) is 16.1. The molecule has 5 rings (SSSR count). The maximum absolute atomic E-state index is 13.6. The number of ether oxygens (including phenoxy) is 2. The summed E-state index contributed by atoms with van der Waals surface area (Å²) in [4.78, 5) is 28.6. The van der Waals surface area contributed by atoms with Gasteiger partial charge in [-0.3, -0.25) is 9.59 Å². The fourth-order valence-electron chi connectivity index (χ4n) is 4.40. The third-order valence-electron chi connectivity index (χ3n) is 6.04. The molecule has 1 aliphatic heterocycles. The Kier molecular flexibility index (Phi) is 5.98. The number of carbonyl (C=O) groups is 1. The van der Waals surface area contributed by atoms with Crippen molar-refractivity contribution in [1.29, 1.82) is 0 Å². The molecule has 0 bridgehead atoms. The molecule has 174 valence electrons. The third-order valence-corrected chi connectivity index (χ3v) is 6.97. The van der Waals surface area contributed by atoms with Gasteiger partial charge in [-0.2, -0.15) is 0 Å². The Labute approximate surface area is 200 Å². The lowest BCUT2D eigenvalue weighted by Crippen LogP contribution is -2.40. The molecule has 0 radical (unpaired) electrons. The van der Waals surface area contributed by atoms with Crippen molar-refractivity contribution in [2.45, 2.75) is 19.0 Å². The van der Waals surface area contributed by atoms with Crippen LogP contribution in [-0.2, 0) is 13.0 Å². The highest BCUT2D eigenvalue weighted by Crippen LogP contribution is 2.42. The van der Waals surface area contributed by atoms with E-state index in [9.17, 15) is 9.59 Å². The topological polar surface area (TPSA) is 73.9 Å². The Morgan fingerprint density at radius 1 is 1.09 bits per heavy atom. The summed E-state index contributed by atoms with van der Waals surface area (Å²) in [6.07, 6.45) is 2.39. The van der Waals surface area contributed by atoms with E-state index in [0.29, 0.717) is 30.2 Å². The first-order chi connectivity index (χ1) is 16.6. The summed E-state index contributed by atoms with van der Waals surface area (Å²) in [6.45, 7) is 0.805. The Bertz CT molecular complexity index is 1370. The van der Waals surface area contributed by atoms with Crippen LogP contribution < -0.4 is 15.0 Å². The van der Waals surface area contributed by atoms with E-state index in [1.807, 2.05) is 34.5 Å². The SMILES string of the molecule is COc1cc2c(cc1OC)C(c1cccs1)N(C(=O)c1ccc(Cn3ccccc3=O)o1)CC2. The van der Waals surface area contributed by atoms with Crippen LogP contribution in [0.25, 0.3) is 0 Å². The molecule has 8 heteroatoms. The van der Waals surface area contributed by atoms with Crippen LogP contribution in [0, 0.1) is 0 Å². The van der Waals surface area contributed by atoms with Crippen molar-refractivity contribution in [1.82, 2.24) is 9.47 Å². The highest BCUT2D eigenvalue weighted by Gasteiger charge is 2.35. The average molecular weight is 477 g/mol. The third kappa shape index (κ3) is 4.01. The number of methoxy groups -OCH3 is 2. The van der Waals surface area contributed by atoms with Gasteiger partial charge in [0.15, 0.2) is 17.3 Å². The number of furan rings is 1. The molecule has 1 aromatic carbocycles. The predicted molar refractivity (Wildman–Crippen MR) is 129 cm³/mol. The van der Waals surface area contributed by atoms with E-state index in [0.717, 1.165) is 16.0 Å². The number of hydrogen-bond acceptors (Lipinski definition) is 6. The zero-order chi connectivity index (χ0) is 23.7. The molecule has 0 aliphatic carbocycles. The molecular weight excluding hydrogens is 452 g/mol. The number of benzene rings is 1. The van der Waals surface area contributed by atoms with Crippen molar-refractivity contribution in [3.05, 3.63) is 104 Å². The zero-order valence-electron chi connectivity index (χ0n) is 18.9. The number of hydrogen-bond donors (Lipinski definition) is 0. The number of carbonyl (C=O) groups excluding carboxylic acids is 1. The van der Waals surface area contributed by atoms with Crippen LogP contribution in [0.15, 0.2) is 75.4 Å². The van der Waals surface area contributed by atoms with E-state index in [4.69, 9.17) is 13.9 Å². The minimum absolute atomic E-state index is 0.124. The highest BCUT2D eigenvalue weighted by molar-refractivity contribution is 7.10. The lowest BCUT2D eigenvalue weighted by molar-refractivity contribution is 0.0662. The number of thiophene rings is 1. The summed E-state index contributed by atoms with van der Waals surface area (Å²) in [5.74, 6) is 1.92. The second kappa shape index (κ2) is 9.23. The quantitative estimate of drug-likeness (QED) is 0.414. The Hall–Kier alpha value is -3.78. The van der Waals surface area contributed by atoms with Gasteiger partial charge in [0, 0.05) is 23.7 Å². The molecule has 1 amide bonds. The van der Waals surface area contributed by atoms with Gasteiger partial charge in [-0.15, -0.1) is 11.3 Å². The normalized spacial score (nSPS) is 15.1. The van der Waals surface area contributed by atoms with Crippen LogP contribution in [0.1, 0.15) is 38.4 Å². The number of amides is 1. The summed E-state index contributed by atoms with van der Waals surface area (Å²) in [5, 5.41) is 2.01. The smallest absolute Gasteiger partial charge is 0.290 e. The van der Waals surface area contributed by atoms with Gasteiger partial charge in [-0.1, -0.05) is 12.1 Å². The maximum Gasteiger partial charge on any atom is 0.290 e. The van der Waals surface area contributed by atoms with Crippen LogP contribution in [0.2, 0.25) is 0 Å². The van der Waals surface area contributed by atoms with Gasteiger partial charge in [-0.05, 0) is 59.3 Å². The minimum atomic E-state index is -0.263. The molecule has 1 unspecified atom stereocenters. The first-order valence-electron chi connectivity index (χ1n) is 10.9. The van der Waals surface area contributed by atoms with Gasteiger partial charge < -0.3 is 23.4 Å². The Morgan fingerprint density at radius 2 is 1.91 bits per heavy atom. The monoisotopic (exact) mass is 476 g/mol. The summed E-state index contributed by atoms with van der Waals surface area (Å²) in [7, 11) is 3.23. The number of fused-ring (bicyclic) bond motifs is 1. The number of rotatable bonds is 6. The minimum Gasteiger partial charge on any atom is -0.493 e. The van der Waals surface area contributed by atoms with E-state index in [2.05, 4.69) is 0 Å². The van der Waals surface area contributed by atoms with Gasteiger partial charge in [0.05, 0.1) is 26.8 Å². The van der Waals surface area contributed by atoms with E-state index in [1.165, 1.54) is 6.07 Å². The van der Waals surface area contributed by atoms with Gasteiger partial charge >= 0.3 is 0 Å². The number of aromatic nitrogens is 1. The zero-order valence-corrected chi connectivity index (χ0v) is 19.7. The molecular formula is C26H24N2O5S. The second-order valence-corrected chi connectivity index (χ2v) is 8.98. The molecule has 1 aliphatic rings. The maximum atomic E-state index is 13.6. The largest absolute Gasteiger partial charge is 0.493 e. The predicted octanol–water partition coefficient (Wildman–Crippen LogP) is 4.36. The second-order valence-electron chi connectivity index (χ2n) is 8.01. The van der Waals surface area contributed by atoms with Gasteiger partial charge in [0.25, 0.3) is 11.5 Å². The van der Waals surface area contributed by atoms with Crippen LogP contribution in [-0.4, -0.2) is 36.1 Å². The standard InChI is InChI=1S/C26H24N2O5S/c1-31-21-14-17-10-12-28(25(23-6-5-13-34-23)19(17)15-22(21)32-2)26(30)20-9-8-18(33-20)16-27-11-4-3-7-24(27)29/h3-9,11,13-15,25H,10,12,16H2,1-2H3. The molecule has 0 fully saturated rings. The fraction of sp³-hybridized carbons (Fsp3) is 0.231. The Balaban J connectivity index is 1.49. The van der Waals surface area contributed by atoms with Crippen LogP contribution in [0.4, 0.5) is 0 Å². The molecule has 7 nitrogen and oxygen atoms in total.